The van der Waals surface area contributed by atoms with E-state index in [1.807, 2.05) is 24.3 Å². The molecule has 168 valence electrons. The number of aryl methyl sites for hydroxylation is 1. The van der Waals surface area contributed by atoms with Crippen molar-refractivity contribution >= 4 is 16.8 Å². The van der Waals surface area contributed by atoms with Gasteiger partial charge in [0.25, 0.3) is 5.56 Å². The van der Waals surface area contributed by atoms with Crippen LogP contribution in [0.5, 0.6) is 0 Å². The van der Waals surface area contributed by atoms with E-state index in [2.05, 4.69) is 65.0 Å². The van der Waals surface area contributed by atoms with Crippen LogP contribution in [0.25, 0.3) is 22.0 Å². The minimum absolute atomic E-state index is 0.145. The first-order chi connectivity index (χ1) is 16.0. The second kappa shape index (κ2) is 10.2. The van der Waals surface area contributed by atoms with Crippen molar-refractivity contribution in [2.75, 3.05) is 14.1 Å². The van der Waals surface area contributed by atoms with Crippen LogP contribution in [-0.4, -0.2) is 39.9 Å². The lowest BCUT2D eigenvalue weighted by atomic mass is 9.98. The summed E-state index contributed by atoms with van der Waals surface area (Å²) in [6.45, 7) is 1.48. The average molecular weight is 442 g/mol. The first kappa shape index (κ1) is 22.4. The minimum Gasteiger partial charge on any atom is -0.352 e. The monoisotopic (exact) mass is 441 g/mol. The number of carbonyl (C=O) groups excluding carboxylic acids is 1. The van der Waals surface area contributed by atoms with E-state index in [1.54, 1.807) is 18.2 Å². The van der Waals surface area contributed by atoms with Gasteiger partial charge in [0, 0.05) is 19.5 Å². The van der Waals surface area contributed by atoms with Crippen LogP contribution >= 0.6 is 0 Å². The first-order valence-electron chi connectivity index (χ1n) is 10.9. The Morgan fingerprint density at radius 3 is 2.48 bits per heavy atom. The van der Waals surface area contributed by atoms with Gasteiger partial charge in [0.15, 0.2) is 0 Å². The highest BCUT2D eigenvalue weighted by Crippen LogP contribution is 2.24. The second-order valence-electron chi connectivity index (χ2n) is 8.25. The fourth-order valence-electron chi connectivity index (χ4n) is 3.77. The van der Waals surface area contributed by atoms with Crippen LogP contribution in [0, 0.1) is 0 Å². The number of benzene rings is 3. The molecular weight excluding hydrogens is 414 g/mol. The van der Waals surface area contributed by atoms with Crippen LogP contribution in [0.3, 0.4) is 0 Å². The third-order valence-electron chi connectivity index (χ3n) is 5.44. The van der Waals surface area contributed by atoms with Crippen molar-refractivity contribution in [3.63, 3.8) is 0 Å². The Kier molecular flexibility index (Phi) is 6.90. The molecule has 0 aliphatic carbocycles. The van der Waals surface area contributed by atoms with Crippen molar-refractivity contribution in [3.05, 3.63) is 94.3 Å². The zero-order chi connectivity index (χ0) is 23.2. The summed E-state index contributed by atoms with van der Waals surface area (Å²) in [5, 5.41) is 11.5. The molecule has 1 N–H and O–H groups in total. The molecule has 0 saturated heterocycles. The number of aromatic nitrogens is 3. The lowest BCUT2D eigenvalue weighted by Crippen LogP contribution is -2.29. The number of amides is 1. The van der Waals surface area contributed by atoms with Crippen molar-refractivity contribution in [2.45, 2.75) is 26.1 Å². The molecule has 0 spiro atoms. The van der Waals surface area contributed by atoms with E-state index in [0.29, 0.717) is 17.4 Å². The smallest absolute Gasteiger partial charge is 0.277 e. The van der Waals surface area contributed by atoms with Crippen LogP contribution in [-0.2, 0) is 24.4 Å². The standard InChI is InChI=1S/C26H27N5O2/c1-30(2)18-19-11-13-20(14-12-19)22-8-4-3-7-21(22)17-27-25(32)15-16-31-26(33)23-9-5-6-10-24(23)28-29-31/h3-14H,15-18H2,1-2H3,(H,27,32). The highest BCUT2D eigenvalue weighted by Gasteiger charge is 2.10. The molecule has 0 aliphatic rings. The van der Waals surface area contributed by atoms with Gasteiger partial charge in [0.1, 0.15) is 5.52 Å². The quantitative estimate of drug-likeness (QED) is 0.454. The Morgan fingerprint density at radius 2 is 1.70 bits per heavy atom. The molecule has 0 unspecified atom stereocenters. The van der Waals surface area contributed by atoms with Crippen molar-refractivity contribution < 1.29 is 4.79 Å². The third-order valence-corrected chi connectivity index (χ3v) is 5.44. The Balaban J connectivity index is 1.39. The van der Waals surface area contributed by atoms with Crippen molar-refractivity contribution in [2.24, 2.45) is 0 Å². The molecule has 0 fully saturated rings. The number of nitrogens with zero attached hydrogens (tertiary/aromatic N) is 4. The van der Waals surface area contributed by atoms with Gasteiger partial charge in [-0.15, -0.1) is 5.10 Å². The number of hydrogen-bond donors (Lipinski definition) is 1. The molecule has 4 aromatic rings. The Morgan fingerprint density at radius 1 is 0.970 bits per heavy atom. The average Bonchev–Trinajstić information content (AvgIpc) is 2.83. The van der Waals surface area contributed by atoms with Crippen molar-refractivity contribution in [1.29, 1.82) is 0 Å². The maximum atomic E-state index is 12.5. The van der Waals surface area contributed by atoms with E-state index in [1.165, 1.54) is 10.2 Å². The van der Waals surface area contributed by atoms with Gasteiger partial charge in [0.05, 0.1) is 11.9 Å². The van der Waals surface area contributed by atoms with Gasteiger partial charge in [0.2, 0.25) is 5.91 Å². The second-order valence-corrected chi connectivity index (χ2v) is 8.25. The summed E-state index contributed by atoms with van der Waals surface area (Å²) < 4.78 is 1.24. The molecule has 0 saturated carbocycles. The molecular formula is C26H27N5O2. The van der Waals surface area contributed by atoms with Gasteiger partial charge in [-0.05, 0) is 48.5 Å². The molecule has 33 heavy (non-hydrogen) atoms. The van der Waals surface area contributed by atoms with Gasteiger partial charge in [-0.2, -0.15) is 0 Å². The van der Waals surface area contributed by atoms with Crippen LogP contribution in [0.4, 0.5) is 0 Å². The van der Waals surface area contributed by atoms with E-state index >= 15 is 0 Å². The van der Waals surface area contributed by atoms with E-state index < -0.39 is 0 Å². The number of fused-ring (bicyclic) bond motifs is 1. The Hall–Kier alpha value is -3.84. The summed E-state index contributed by atoms with van der Waals surface area (Å²) in [6, 6.07) is 23.6. The topological polar surface area (TPSA) is 80.1 Å². The summed E-state index contributed by atoms with van der Waals surface area (Å²) in [4.78, 5) is 27.1. The van der Waals surface area contributed by atoms with Gasteiger partial charge in [-0.3, -0.25) is 9.59 Å². The zero-order valence-electron chi connectivity index (χ0n) is 18.9. The molecule has 4 rings (SSSR count). The molecule has 1 heterocycles. The number of nitrogens with one attached hydrogen (secondary N) is 1. The number of rotatable bonds is 8. The predicted octanol–water partition coefficient (Wildman–Crippen LogP) is 3.23. The summed E-state index contributed by atoms with van der Waals surface area (Å²) in [6.07, 6.45) is 0.147. The zero-order valence-corrected chi connectivity index (χ0v) is 18.9. The lowest BCUT2D eigenvalue weighted by molar-refractivity contribution is -0.121. The van der Waals surface area contributed by atoms with Crippen LogP contribution in [0.1, 0.15) is 17.5 Å². The Labute approximate surface area is 192 Å². The van der Waals surface area contributed by atoms with Crippen LogP contribution < -0.4 is 10.9 Å². The van der Waals surface area contributed by atoms with Gasteiger partial charge in [-0.1, -0.05) is 65.9 Å². The van der Waals surface area contributed by atoms with Crippen molar-refractivity contribution in [3.8, 4) is 11.1 Å². The van der Waals surface area contributed by atoms with Gasteiger partial charge < -0.3 is 10.2 Å². The maximum absolute atomic E-state index is 12.5. The molecule has 0 radical (unpaired) electrons. The summed E-state index contributed by atoms with van der Waals surface area (Å²) in [5.41, 5.74) is 4.80. The summed E-state index contributed by atoms with van der Waals surface area (Å²) >= 11 is 0. The molecule has 7 heteroatoms. The fraction of sp³-hybridized carbons (Fsp3) is 0.231. The van der Waals surface area contributed by atoms with Crippen LogP contribution in [0.15, 0.2) is 77.6 Å². The molecule has 0 aliphatic heterocycles. The summed E-state index contributed by atoms with van der Waals surface area (Å²) in [5.74, 6) is -0.145. The van der Waals surface area contributed by atoms with Crippen molar-refractivity contribution in [1.82, 2.24) is 25.2 Å². The van der Waals surface area contributed by atoms with E-state index in [9.17, 15) is 9.59 Å². The maximum Gasteiger partial charge on any atom is 0.277 e. The normalized spacial score (nSPS) is 11.1. The van der Waals surface area contributed by atoms with E-state index in [4.69, 9.17) is 0 Å². The molecule has 0 bridgehead atoms. The van der Waals surface area contributed by atoms with Gasteiger partial charge in [-0.25, -0.2) is 4.68 Å². The predicted molar refractivity (Wildman–Crippen MR) is 130 cm³/mol. The SMILES string of the molecule is CN(C)Cc1ccc(-c2ccccc2CNC(=O)CCn2nnc3ccccc3c2=O)cc1. The molecule has 1 amide bonds. The minimum atomic E-state index is -0.239. The fourth-order valence-corrected chi connectivity index (χ4v) is 3.77. The Bertz CT molecular complexity index is 1310. The largest absolute Gasteiger partial charge is 0.352 e. The highest BCUT2D eigenvalue weighted by atomic mass is 16.2. The number of hydrogen-bond acceptors (Lipinski definition) is 5. The molecule has 7 nitrogen and oxygen atoms in total. The molecule has 0 atom stereocenters. The highest BCUT2D eigenvalue weighted by molar-refractivity contribution is 5.77. The summed E-state index contributed by atoms with van der Waals surface area (Å²) in [7, 11) is 4.10. The third kappa shape index (κ3) is 5.51. The lowest BCUT2D eigenvalue weighted by Gasteiger charge is -2.13. The van der Waals surface area contributed by atoms with Gasteiger partial charge >= 0.3 is 0 Å². The van der Waals surface area contributed by atoms with E-state index in [0.717, 1.165) is 23.2 Å². The van der Waals surface area contributed by atoms with Crippen LogP contribution in [0.2, 0.25) is 0 Å². The first-order valence-corrected chi connectivity index (χ1v) is 10.9. The molecule has 3 aromatic carbocycles. The van der Waals surface area contributed by atoms with E-state index in [-0.39, 0.29) is 24.4 Å². The molecule has 1 aromatic heterocycles. The number of carbonyl (C=O) groups is 1.